The molecule has 0 aliphatic heterocycles. The number of anilines is 2. The molecular weight excluding hydrogens is 294 g/mol. The fraction of sp³-hybridized carbons (Fsp3) is 0.143. The molecule has 104 valence electrons. The summed E-state index contributed by atoms with van der Waals surface area (Å²) in [5.41, 5.74) is 6.98. The van der Waals surface area contributed by atoms with Crippen molar-refractivity contribution in [1.29, 1.82) is 0 Å². The van der Waals surface area contributed by atoms with E-state index < -0.39 is 0 Å². The fourth-order valence-corrected chi connectivity index (χ4v) is 2.38. The predicted molar refractivity (Wildman–Crippen MR) is 84.1 cm³/mol. The lowest BCUT2D eigenvalue weighted by Crippen LogP contribution is -2.22. The van der Waals surface area contributed by atoms with Crippen LogP contribution < -0.4 is 11.1 Å². The molecule has 0 bridgehead atoms. The van der Waals surface area contributed by atoms with Gasteiger partial charge in [-0.2, -0.15) is 0 Å². The van der Waals surface area contributed by atoms with Crippen LogP contribution in [-0.4, -0.2) is 16.1 Å². The lowest BCUT2D eigenvalue weighted by Gasteiger charge is -2.11. The van der Waals surface area contributed by atoms with E-state index >= 15 is 0 Å². The molecule has 0 radical (unpaired) electrons. The Morgan fingerprint density at radius 2 is 2.00 bits per heavy atom. The monoisotopic (exact) mass is 307 g/mol. The number of thioether (sulfide) groups is 1. The first-order valence-corrected chi connectivity index (χ1v) is 7.25. The van der Waals surface area contributed by atoms with Crippen LogP contribution in [0, 0.1) is 0 Å². The summed E-state index contributed by atoms with van der Waals surface area (Å²) in [6.07, 6.45) is 1.56. The number of nitrogen functional groups attached to an aromatic ring is 1. The summed E-state index contributed by atoms with van der Waals surface area (Å²) in [6, 6.07) is 10.6. The first-order valence-electron chi connectivity index (χ1n) is 5.99. The number of carbonyl (C=O) groups excluding carboxylic acids is 1. The molecule has 4 nitrogen and oxygen atoms in total. The molecule has 6 heteroatoms. The van der Waals surface area contributed by atoms with Gasteiger partial charge in [0.1, 0.15) is 0 Å². The SMILES string of the molecule is CC(Sc1ccc(Cl)cn1)C(=O)Nc1ccc(N)cc1. The minimum atomic E-state index is -0.263. The highest BCUT2D eigenvalue weighted by Gasteiger charge is 2.15. The highest BCUT2D eigenvalue weighted by molar-refractivity contribution is 8.00. The Morgan fingerprint density at radius 1 is 1.30 bits per heavy atom. The van der Waals surface area contributed by atoms with Gasteiger partial charge in [-0.15, -0.1) is 0 Å². The third kappa shape index (κ3) is 4.15. The van der Waals surface area contributed by atoms with Crippen LogP contribution in [0.25, 0.3) is 0 Å². The average molecular weight is 308 g/mol. The molecule has 1 aromatic carbocycles. The number of halogens is 1. The van der Waals surface area contributed by atoms with E-state index in [2.05, 4.69) is 10.3 Å². The summed E-state index contributed by atoms with van der Waals surface area (Å²) < 4.78 is 0. The first-order chi connectivity index (χ1) is 9.54. The highest BCUT2D eigenvalue weighted by Crippen LogP contribution is 2.23. The first kappa shape index (κ1) is 14.7. The van der Waals surface area contributed by atoms with Gasteiger partial charge < -0.3 is 11.1 Å². The standard InChI is InChI=1S/C14H14ClN3OS/c1-9(20-13-7-2-10(15)8-17-13)14(19)18-12-5-3-11(16)4-6-12/h2-9H,16H2,1H3,(H,18,19). The van der Waals surface area contributed by atoms with E-state index in [-0.39, 0.29) is 11.2 Å². The molecule has 0 spiro atoms. The van der Waals surface area contributed by atoms with Gasteiger partial charge in [0, 0.05) is 17.6 Å². The summed E-state index contributed by atoms with van der Waals surface area (Å²) >= 11 is 7.15. The third-order valence-corrected chi connectivity index (χ3v) is 3.82. The fourth-order valence-electron chi connectivity index (χ4n) is 1.48. The minimum Gasteiger partial charge on any atom is -0.399 e. The maximum Gasteiger partial charge on any atom is 0.237 e. The van der Waals surface area contributed by atoms with Gasteiger partial charge in [-0.25, -0.2) is 4.98 Å². The molecule has 0 aliphatic carbocycles. The van der Waals surface area contributed by atoms with Gasteiger partial charge in [0.05, 0.1) is 15.3 Å². The molecule has 1 atom stereocenters. The number of nitrogens with zero attached hydrogens (tertiary/aromatic N) is 1. The Morgan fingerprint density at radius 3 is 2.60 bits per heavy atom. The predicted octanol–water partition coefficient (Wildman–Crippen LogP) is 3.44. The summed E-state index contributed by atoms with van der Waals surface area (Å²) in [5.74, 6) is -0.0866. The van der Waals surface area contributed by atoms with Gasteiger partial charge >= 0.3 is 0 Å². The molecule has 1 heterocycles. The summed E-state index contributed by atoms with van der Waals surface area (Å²) in [7, 11) is 0. The Bertz CT molecular complexity index is 586. The lowest BCUT2D eigenvalue weighted by molar-refractivity contribution is -0.115. The molecule has 20 heavy (non-hydrogen) atoms. The second-order valence-corrected chi connectivity index (χ2v) is 5.98. The average Bonchev–Trinajstić information content (AvgIpc) is 2.44. The lowest BCUT2D eigenvalue weighted by atomic mass is 10.3. The van der Waals surface area contributed by atoms with E-state index in [4.69, 9.17) is 17.3 Å². The van der Waals surface area contributed by atoms with Gasteiger partial charge in [-0.3, -0.25) is 4.79 Å². The largest absolute Gasteiger partial charge is 0.399 e. The summed E-state index contributed by atoms with van der Waals surface area (Å²) in [6.45, 7) is 1.83. The number of pyridine rings is 1. The van der Waals surface area contributed by atoms with Crippen molar-refractivity contribution in [2.24, 2.45) is 0 Å². The number of aromatic nitrogens is 1. The number of rotatable bonds is 4. The van der Waals surface area contributed by atoms with Crippen molar-refractivity contribution >= 4 is 40.6 Å². The molecule has 1 unspecified atom stereocenters. The third-order valence-electron chi connectivity index (χ3n) is 2.55. The van der Waals surface area contributed by atoms with Crippen LogP contribution in [0.1, 0.15) is 6.92 Å². The quantitative estimate of drug-likeness (QED) is 0.670. The van der Waals surface area contributed by atoms with Crippen molar-refractivity contribution in [3.05, 3.63) is 47.6 Å². The van der Waals surface area contributed by atoms with E-state index in [1.807, 2.05) is 6.92 Å². The van der Waals surface area contributed by atoms with Crippen molar-refractivity contribution in [3.63, 3.8) is 0 Å². The summed E-state index contributed by atoms with van der Waals surface area (Å²) in [5, 5.41) is 3.90. The highest BCUT2D eigenvalue weighted by atomic mass is 35.5. The van der Waals surface area contributed by atoms with Crippen molar-refractivity contribution in [1.82, 2.24) is 4.98 Å². The minimum absolute atomic E-state index is 0.0866. The maximum atomic E-state index is 12.1. The van der Waals surface area contributed by atoms with Crippen molar-refractivity contribution in [3.8, 4) is 0 Å². The van der Waals surface area contributed by atoms with Crippen LogP contribution in [0.4, 0.5) is 11.4 Å². The van der Waals surface area contributed by atoms with E-state index in [1.165, 1.54) is 11.8 Å². The molecule has 0 fully saturated rings. The Labute approximate surface area is 126 Å². The molecule has 0 saturated heterocycles. The summed E-state index contributed by atoms with van der Waals surface area (Å²) in [4.78, 5) is 16.2. The number of carbonyl (C=O) groups is 1. The smallest absolute Gasteiger partial charge is 0.237 e. The molecule has 0 saturated carbocycles. The number of nitrogens with two attached hydrogens (primary N) is 1. The normalized spacial score (nSPS) is 11.9. The van der Waals surface area contributed by atoms with Crippen LogP contribution in [0.5, 0.6) is 0 Å². The van der Waals surface area contributed by atoms with Crippen LogP contribution in [0.15, 0.2) is 47.6 Å². The Balaban J connectivity index is 1.94. The number of hydrogen-bond acceptors (Lipinski definition) is 4. The van der Waals surface area contributed by atoms with E-state index in [0.717, 1.165) is 10.7 Å². The molecule has 1 aromatic heterocycles. The number of nitrogens with one attached hydrogen (secondary N) is 1. The van der Waals surface area contributed by atoms with Gasteiger partial charge in [0.2, 0.25) is 5.91 Å². The zero-order valence-corrected chi connectivity index (χ0v) is 12.4. The van der Waals surface area contributed by atoms with Crippen molar-refractivity contribution < 1.29 is 4.79 Å². The molecule has 3 N–H and O–H groups in total. The zero-order valence-electron chi connectivity index (χ0n) is 10.8. The van der Waals surface area contributed by atoms with Crippen molar-refractivity contribution in [2.75, 3.05) is 11.1 Å². The molecule has 2 aromatic rings. The molecule has 2 rings (SSSR count). The van der Waals surface area contributed by atoms with Gasteiger partial charge in [-0.05, 0) is 43.3 Å². The van der Waals surface area contributed by atoms with Gasteiger partial charge in [0.25, 0.3) is 0 Å². The zero-order chi connectivity index (χ0) is 14.5. The molecular formula is C14H14ClN3OS. The van der Waals surface area contributed by atoms with Crippen molar-refractivity contribution in [2.45, 2.75) is 17.2 Å². The Kier molecular flexibility index (Phi) is 4.87. The topological polar surface area (TPSA) is 68.0 Å². The molecule has 0 aliphatic rings. The van der Waals surface area contributed by atoms with E-state index in [1.54, 1.807) is 42.6 Å². The van der Waals surface area contributed by atoms with Crippen LogP contribution in [-0.2, 0) is 4.79 Å². The second-order valence-electron chi connectivity index (χ2n) is 4.19. The molecule has 1 amide bonds. The number of amides is 1. The van der Waals surface area contributed by atoms with Gasteiger partial charge in [0.15, 0.2) is 0 Å². The van der Waals surface area contributed by atoms with Crippen LogP contribution in [0.2, 0.25) is 5.02 Å². The Hall–Kier alpha value is -1.72. The van der Waals surface area contributed by atoms with Crippen LogP contribution >= 0.6 is 23.4 Å². The number of hydrogen-bond donors (Lipinski definition) is 2. The van der Waals surface area contributed by atoms with E-state index in [0.29, 0.717) is 10.7 Å². The van der Waals surface area contributed by atoms with E-state index in [9.17, 15) is 4.79 Å². The van der Waals surface area contributed by atoms with Crippen LogP contribution in [0.3, 0.4) is 0 Å². The number of benzene rings is 1. The maximum absolute atomic E-state index is 12.1. The van der Waals surface area contributed by atoms with Gasteiger partial charge in [-0.1, -0.05) is 23.4 Å². The second kappa shape index (κ2) is 6.63.